The molecule has 2 heterocycles. The number of aliphatic carboxylic acids is 1. The first-order valence-electron chi connectivity index (χ1n) is 5.44. The minimum Gasteiger partial charge on any atom is -0.480 e. The second kappa shape index (κ2) is 4.82. The summed E-state index contributed by atoms with van der Waals surface area (Å²) < 4.78 is 1.50. The molecule has 7 nitrogen and oxygen atoms in total. The van der Waals surface area contributed by atoms with Crippen molar-refractivity contribution in [1.29, 1.82) is 0 Å². The van der Waals surface area contributed by atoms with Crippen LogP contribution in [0.3, 0.4) is 0 Å². The van der Waals surface area contributed by atoms with Crippen LogP contribution in [0.1, 0.15) is 23.7 Å². The zero-order valence-electron chi connectivity index (χ0n) is 9.70. The summed E-state index contributed by atoms with van der Waals surface area (Å²) in [6, 6.07) is -0.899. The van der Waals surface area contributed by atoms with Gasteiger partial charge in [0.05, 0.1) is 23.5 Å². The highest BCUT2D eigenvalue weighted by Crippen LogP contribution is 2.09. The van der Waals surface area contributed by atoms with Gasteiger partial charge in [0.25, 0.3) is 5.91 Å². The van der Waals surface area contributed by atoms with Gasteiger partial charge in [0, 0.05) is 12.4 Å². The molecule has 1 atom stereocenters. The van der Waals surface area contributed by atoms with Crippen LogP contribution in [0.2, 0.25) is 0 Å². The first-order valence-corrected chi connectivity index (χ1v) is 5.44. The fourth-order valence-electron chi connectivity index (χ4n) is 1.58. The maximum Gasteiger partial charge on any atom is 0.326 e. The maximum atomic E-state index is 11.9. The van der Waals surface area contributed by atoms with Gasteiger partial charge in [0.1, 0.15) is 6.04 Å². The van der Waals surface area contributed by atoms with Gasteiger partial charge in [0.2, 0.25) is 0 Å². The standard InChI is InChI=1S/C11H12N4O3/c1-2-8(11(17)18)14-10(16)7-5-13-15-4-3-12-6-9(7)15/h3-6,8H,2H2,1H3,(H,14,16)(H,17,18)/t8-/m0/s1. The van der Waals surface area contributed by atoms with Crippen molar-refractivity contribution in [3.63, 3.8) is 0 Å². The molecule has 0 aliphatic heterocycles. The number of carbonyl (C=O) groups is 2. The molecular weight excluding hydrogens is 236 g/mol. The van der Waals surface area contributed by atoms with Crippen molar-refractivity contribution in [2.24, 2.45) is 0 Å². The van der Waals surface area contributed by atoms with Crippen molar-refractivity contribution in [3.05, 3.63) is 30.4 Å². The molecule has 2 aromatic rings. The third-order valence-electron chi connectivity index (χ3n) is 2.58. The predicted octanol–water partition coefficient (Wildman–Crippen LogP) is 0.322. The van der Waals surface area contributed by atoms with E-state index in [0.29, 0.717) is 17.5 Å². The van der Waals surface area contributed by atoms with Gasteiger partial charge in [-0.15, -0.1) is 0 Å². The zero-order valence-corrected chi connectivity index (χ0v) is 9.70. The number of rotatable bonds is 4. The third-order valence-corrected chi connectivity index (χ3v) is 2.58. The zero-order chi connectivity index (χ0) is 13.1. The molecule has 1 amide bonds. The number of carboxylic acid groups (broad SMARTS) is 1. The summed E-state index contributed by atoms with van der Waals surface area (Å²) in [6.45, 7) is 1.69. The van der Waals surface area contributed by atoms with E-state index in [1.54, 1.807) is 19.3 Å². The van der Waals surface area contributed by atoms with Gasteiger partial charge in [-0.2, -0.15) is 5.10 Å². The number of carboxylic acids is 1. The average molecular weight is 248 g/mol. The molecule has 0 radical (unpaired) electrons. The summed E-state index contributed by atoms with van der Waals surface area (Å²) in [5.41, 5.74) is 0.845. The summed E-state index contributed by atoms with van der Waals surface area (Å²) in [6.07, 6.45) is 6.37. The Morgan fingerprint density at radius 3 is 2.94 bits per heavy atom. The molecule has 0 spiro atoms. The van der Waals surface area contributed by atoms with Crippen LogP contribution >= 0.6 is 0 Å². The Hall–Kier alpha value is -2.44. The molecule has 0 unspecified atom stereocenters. The molecule has 2 rings (SSSR count). The number of carbonyl (C=O) groups excluding carboxylic acids is 1. The van der Waals surface area contributed by atoms with Crippen molar-refractivity contribution < 1.29 is 14.7 Å². The van der Waals surface area contributed by atoms with Crippen LogP contribution in [0.4, 0.5) is 0 Å². The highest BCUT2D eigenvalue weighted by Gasteiger charge is 2.20. The van der Waals surface area contributed by atoms with Gasteiger partial charge in [-0.1, -0.05) is 6.92 Å². The number of fused-ring (bicyclic) bond motifs is 1. The van der Waals surface area contributed by atoms with Crippen molar-refractivity contribution in [2.75, 3.05) is 0 Å². The van der Waals surface area contributed by atoms with E-state index >= 15 is 0 Å². The molecule has 0 saturated carbocycles. The SMILES string of the molecule is CC[C@H](NC(=O)c1cnn2ccncc12)C(=O)O. The number of nitrogens with one attached hydrogen (secondary N) is 1. The summed E-state index contributed by atoms with van der Waals surface area (Å²) in [5, 5.41) is 15.3. The summed E-state index contributed by atoms with van der Waals surface area (Å²) in [4.78, 5) is 26.7. The Kier molecular flexibility index (Phi) is 3.22. The van der Waals surface area contributed by atoms with Crippen LogP contribution in [0.5, 0.6) is 0 Å². The average Bonchev–Trinajstić information content (AvgIpc) is 2.79. The molecule has 18 heavy (non-hydrogen) atoms. The summed E-state index contributed by atoms with van der Waals surface area (Å²) >= 11 is 0. The van der Waals surface area contributed by atoms with Gasteiger partial charge < -0.3 is 10.4 Å². The van der Waals surface area contributed by atoms with Gasteiger partial charge >= 0.3 is 5.97 Å². The van der Waals surface area contributed by atoms with Crippen LogP contribution in [0.25, 0.3) is 5.52 Å². The predicted molar refractivity (Wildman–Crippen MR) is 62.2 cm³/mol. The monoisotopic (exact) mass is 248 g/mol. The van der Waals surface area contributed by atoms with E-state index in [1.165, 1.54) is 16.9 Å². The minimum absolute atomic E-state index is 0.308. The van der Waals surface area contributed by atoms with E-state index in [1.807, 2.05) is 0 Å². The van der Waals surface area contributed by atoms with E-state index in [0.717, 1.165) is 0 Å². The second-order valence-electron chi connectivity index (χ2n) is 3.74. The van der Waals surface area contributed by atoms with E-state index in [4.69, 9.17) is 5.11 Å². The molecule has 0 fully saturated rings. The number of amides is 1. The molecule has 0 bridgehead atoms. The molecular formula is C11H12N4O3. The first kappa shape index (κ1) is 12.0. The Morgan fingerprint density at radius 1 is 1.50 bits per heavy atom. The molecule has 94 valence electrons. The van der Waals surface area contributed by atoms with Gasteiger partial charge in [-0.25, -0.2) is 9.31 Å². The lowest BCUT2D eigenvalue weighted by molar-refractivity contribution is -0.139. The Balaban J connectivity index is 2.26. The molecule has 0 aliphatic carbocycles. The molecule has 2 N–H and O–H groups in total. The van der Waals surface area contributed by atoms with Crippen molar-refractivity contribution >= 4 is 17.4 Å². The molecule has 0 aliphatic rings. The summed E-state index contributed by atoms with van der Waals surface area (Å²) in [7, 11) is 0. The van der Waals surface area contributed by atoms with Crippen molar-refractivity contribution in [2.45, 2.75) is 19.4 Å². The van der Waals surface area contributed by atoms with Crippen LogP contribution in [0.15, 0.2) is 24.8 Å². The lowest BCUT2D eigenvalue weighted by atomic mass is 10.2. The fourth-order valence-corrected chi connectivity index (χ4v) is 1.58. The smallest absolute Gasteiger partial charge is 0.326 e. The fraction of sp³-hybridized carbons (Fsp3) is 0.273. The molecule has 0 saturated heterocycles. The van der Waals surface area contributed by atoms with Crippen LogP contribution < -0.4 is 5.32 Å². The van der Waals surface area contributed by atoms with Crippen LogP contribution in [-0.2, 0) is 4.79 Å². The van der Waals surface area contributed by atoms with E-state index in [9.17, 15) is 9.59 Å². The second-order valence-corrected chi connectivity index (χ2v) is 3.74. The Labute approximate surface area is 102 Å². The molecule has 7 heteroatoms. The van der Waals surface area contributed by atoms with Gasteiger partial charge in [-0.3, -0.25) is 9.78 Å². The van der Waals surface area contributed by atoms with Crippen molar-refractivity contribution in [3.8, 4) is 0 Å². The van der Waals surface area contributed by atoms with Crippen LogP contribution in [-0.4, -0.2) is 37.6 Å². The van der Waals surface area contributed by atoms with Gasteiger partial charge in [0.15, 0.2) is 0 Å². The lowest BCUT2D eigenvalue weighted by Gasteiger charge is -2.11. The third kappa shape index (κ3) is 2.15. The highest BCUT2D eigenvalue weighted by atomic mass is 16.4. The van der Waals surface area contributed by atoms with Crippen LogP contribution in [0, 0.1) is 0 Å². The highest BCUT2D eigenvalue weighted by molar-refractivity contribution is 6.01. The van der Waals surface area contributed by atoms with Crippen molar-refractivity contribution in [1.82, 2.24) is 19.9 Å². The number of hydrogen-bond donors (Lipinski definition) is 2. The molecule has 2 aromatic heterocycles. The number of hydrogen-bond acceptors (Lipinski definition) is 4. The minimum atomic E-state index is -1.06. The quantitative estimate of drug-likeness (QED) is 0.812. The van der Waals surface area contributed by atoms with E-state index in [-0.39, 0.29) is 0 Å². The Morgan fingerprint density at radius 2 is 2.28 bits per heavy atom. The lowest BCUT2D eigenvalue weighted by Crippen LogP contribution is -2.40. The topological polar surface area (TPSA) is 96.6 Å². The Bertz CT molecular complexity index is 593. The number of nitrogens with zero attached hydrogens (tertiary/aromatic N) is 3. The van der Waals surface area contributed by atoms with E-state index in [2.05, 4.69) is 15.4 Å². The number of aromatic nitrogens is 3. The van der Waals surface area contributed by atoms with E-state index < -0.39 is 17.9 Å². The normalized spacial score (nSPS) is 12.3. The largest absolute Gasteiger partial charge is 0.480 e. The van der Waals surface area contributed by atoms with Gasteiger partial charge in [-0.05, 0) is 6.42 Å². The maximum absolute atomic E-state index is 11.9. The summed E-state index contributed by atoms with van der Waals surface area (Å²) in [5.74, 6) is -1.52. The molecule has 0 aromatic carbocycles. The first-order chi connectivity index (χ1) is 8.63.